The minimum Gasteiger partial charge on any atom is -0.481 e. The predicted molar refractivity (Wildman–Crippen MR) is 67.1 cm³/mol. The van der Waals surface area contributed by atoms with Crippen LogP contribution in [0.25, 0.3) is 0 Å². The van der Waals surface area contributed by atoms with Crippen LogP contribution in [0.15, 0.2) is 42.9 Å². The molecule has 1 N–H and O–H groups in total. The first-order valence-corrected chi connectivity index (χ1v) is 5.46. The van der Waals surface area contributed by atoms with Gasteiger partial charge in [-0.1, -0.05) is 6.07 Å². The van der Waals surface area contributed by atoms with Gasteiger partial charge >= 0.3 is 0 Å². The Morgan fingerprint density at radius 3 is 2.71 bits per heavy atom. The average Bonchev–Trinajstić information content (AvgIpc) is 2.40. The average molecular weight is 229 g/mol. The third kappa shape index (κ3) is 2.93. The monoisotopic (exact) mass is 229 g/mol. The Morgan fingerprint density at radius 2 is 2.12 bits per heavy atom. The van der Waals surface area contributed by atoms with Gasteiger partial charge in [0.2, 0.25) is 5.88 Å². The summed E-state index contributed by atoms with van der Waals surface area (Å²) in [5, 5.41) is 3.35. The Hall–Kier alpha value is -2.10. The van der Waals surface area contributed by atoms with E-state index < -0.39 is 0 Å². The molecule has 0 fully saturated rings. The normalized spacial score (nSPS) is 11.9. The molecule has 4 heteroatoms. The minimum atomic E-state index is 0.193. The Kier molecular flexibility index (Phi) is 3.55. The van der Waals surface area contributed by atoms with E-state index in [1.165, 1.54) is 0 Å². The van der Waals surface area contributed by atoms with Crippen LogP contribution < -0.4 is 10.1 Å². The summed E-state index contributed by atoms with van der Waals surface area (Å²) in [6.07, 6.45) is 5.38. The highest BCUT2D eigenvalue weighted by atomic mass is 16.5. The molecule has 0 aromatic carbocycles. The molecular weight excluding hydrogens is 214 g/mol. The van der Waals surface area contributed by atoms with Crippen molar-refractivity contribution in [1.29, 1.82) is 0 Å². The molecule has 0 amide bonds. The number of ether oxygens (including phenoxy) is 1. The van der Waals surface area contributed by atoms with Crippen molar-refractivity contribution in [1.82, 2.24) is 9.97 Å². The zero-order valence-electron chi connectivity index (χ0n) is 9.92. The van der Waals surface area contributed by atoms with Gasteiger partial charge in [-0.2, -0.15) is 0 Å². The van der Waals surface area contributed by atoms with Gasteiger partial charge in [0, 0.05) is 18.5 Å². The molecule has 0 saturated carbocycles. The van der Waals surface area contributed by atoms with Crippen LogP contribution >= 0.6 is 0 Å². The standard InChI is InChI=1S/C13H15N3O/c1-10(11-4-3-7-14-8-11)16-12-5-6-13(17-2)15-9-12/h3-10,16H,1-2H3. The largest absolute Gasteiger partial charge is 0.481 e. The molecule has 2 aromatic heterocycles. The van der Waals surface area contributed by atoms with Gasteiger partial charge in [-0.25, -0.2) is 4.98 Å². The summed E-state index contributed by atoms with van der Waals surface area (Å²) in [5.74, 6) is 0.615. The van der Waals surface area contributed by atoms with E-state index in [0.29, 0.717) is 5.88 Å². The second-order valence-electron chi connectivity index (χ2n) is 3.74. The van der Waals surface area contributed by atoms with Crippen LogP contribution in [0.2, 0.25) is 0 Å². The lowest BCUT2D eigenvalue weighted by molar-refractivity contribution is 0.398. The number of aromatic nitrogens is 2. The van der Waals surface area contributed by atoms with E-state index in [1.807, 2.05) is 30.5 Å². The smallest absolute Gasteiger partial charge is 0.213 e. The van der Waals surface area contributed by atoms with Crippen LogP contribution in [0.1, 0.15) is 18.5 Å². The Labute approximate surface area is 101 Å². The fourth-order valence-electron chi connectivity index (χ4n) is 1.55. The fraction of sp³-hybridized carbons (Fsp3) is 0.231. The Balaban J connectivity index is 2.05. The summed E-state index contributed by atoms with van der Waals surface area (Å²) in [7, 11) is 1.60. The van der Waals surface area contributed by atoms with E-state index in [4.69, 9.17) is 4.74 Å². The Morgan fingerprint density at radius 1 is 1.24 bits per heavy atom. The van der Waals surface area contributed by atoms with Gasteiger partial charge < -0.3 is 10.1 Å². The van der Waals surface area contributed by atoms with Gasteiger partial charge in [0.25, 0.3) is 0 Å². The number of nitrogens with one attached hydrogen (secondary N) is 1. The highest BCUT2D eigenvalue weighted by Gasteiger charge is 2.05. The predicted octanol–water partition coefficient (Wildman–Crippen LogP) is 2.66. The van der Waals surface area contributed by atoms with E-state index in [9.17, 15) is 0 Å². The van der Waals surface area contributed by atoms with E-state index in [0.717, 1.165) is 11.3 Å². The van der Waals surface area contributed by atoms with Crippen molar-refractivity contribution in [2.45, 2.75) is 13.0 Å². The molecule has 2 aromatic rings. The first-order valence-electron chi connectivity index (χ1n) is 5.46. The van der Waals surface area contributed by atoms with E-state index >= 15 is 0 Å². The van der Waals surface area contributed by atoms with Crippen LogP contribution in [0, 0.1) is 0 Å². The molecule has 0 bridgehead atoms. The summed E-state index contributed by atoms with van der Waals surface area (Å²) in [5.41, 5.74) is 2.10. The Bertz CT molecular complexity index is 456. The van der Waals surface area contributed by atoms with Crippen LogP contribution in [0.5, 0.6) is 5.88 Å². The van der Waals surface area contributed by atoms with Gasteiger partial charge in [0.15, 0.2) is 0 Å². The van der Waals surface area contributed by atoms with E-state index in [2.05, 4.69) is 22.2 Å². The third-order valence-electron chi connectivity index (χ3n) is 2.51. The van der Waals surface area contributed by atoms with Crippen molar-refractivity contribution in [2.24, 2.45) is 0 Å². The van der Waals surface area contributed by atoms with Crippen molar-refractivity contribution >= 4 is 5.69 Å². The minimum absolute atomic E-state index is 0.193. The molecule has 88 valence electrons. The number of anilines is 1. The summed E-state index contributed by atoms with van der Waals surface area (Å²) in [4.78, 5) is 8.24. The van der Waals surface area contributed by atoms with Crippen molar-refractivity contribution in [3.05, 3.63) is 48.4 Å². The van der Waals surface area contributed by atoms with Gasteiger partial charge in [-0.3, -0.25) is 4.98 Å². The molecule has 2 heterocycles. The molecule has 2 rings (SSSR count). The topological polar surface area (TPSA) is 47.0 Å². The number of hydrogen-bond acceptors (Lipinski definition) is 4. The first-order chi connectivity index (χ1) is 8.29. The van der Waals surface area contributed by atoms with Gasteiger partial charge in [0.05, 0.1) is 25.0 Å². The second-order valence-corrected chi connectivity index (χ2v) is 3.74. The zero-order valence-corrected chi connectivity index (χ0v) is 9.92. The molecule has 0 aliphatic heterocycles. The SMILES string of the molecule is COc1ccc(NC(C)c2cccnc2)cn1. The number of methoxy groups -OCH3 is 1. The summed E-state index contributed by atoms with van der Waals surface area (Å²) in [6.45, 7) is 2.08. The molecule has 1 atom stereocenters. The maximum atomic E-state index is 5.01. The van der Waals surface area contributed by atoms with Crippen LogP contribution in [0.3, 0.4) is 0 Å². The van der Waals surface area contributed by atoms with Crippen molar-refractivity contribution in [2.75, 3.05) is 12.4 Å². The lowest BCUT2D eigenvalue weighted by Crippen LogP contribution is -2.06. The quantitative estimate of drug-likeness (QED) is 0.875. The molecule has 0 radical (unpaired) electrons. The maximum Gasteiger partial charge on any atom is 0.213 e. The van der Waals surface area contributed by atoms with Gasteiger partial charge in [-0.05, 0) is 24.6 Å². The summed E-state index contributed by atoms with van der Waals surface area (Å²) < 4.78 is 5.01. The highest BCUT2D eigenvalue weighted by molar-refractivity contribution is 5.44. The van der Waals surface area contributed by atoms with Crippen molar-refractivity contribution < 1.29 is 4.74 Å². The van der Waals surface area contributed by atoms with Crippen molar-refractivity contribution in [3.63, 3.8) is 0 Å². The first kappa shape index (κ1) is 11.4. The lowest BCUT2D eigenvalue weighted by atomic mass is 10.1. The summed E-state index contributed by atoms with van der Waals surface area (Å²) >= 11 is 0. The van der Waals surface area contributed by atoms with Crippen LogP contribution in [-0.2, 0) is 0 Å². The molecule has 0 spiro atoms. The molecule has 0 aliphatic carbocycles. The number of pyridine rings is 2. The highest BCUT2D eigenvalue weighted by Crippen LogP contribution is 2.18. The number of rotatable bonds is 4. The van der Waals surface area contributed by atoms with E-state index in [1.54, 1.807) is 19.5 Å². The molecule has 1 unspecified atom stereocenters. The molecule has 17 heavy (non-hydrogen) atoms. The molecular formula is C13H15N3O. The number of nitrogens with zero attached hydrogens (tertiary/aromatic N) is 2. The molecule has 0 saturated heterocycles. The second kappa shape index (κ2) is 5.30. The third-order valence-corrected chi connectivity index (χ3v) is 2.51. The molecule has 0 aliphatic rings. The van der Waals surface area contributed by atoms with Gasteiger partial charge in [-0.15, -0.1) is 0 Å². The maximum absolute atomic E-state index is 5.01. The van der Waals surface area contributed by atoms with Crippen LogP contribution in [0.4, 0.5) is 5.69 Å². The fourth-order valence-corrected chi connectivity index (χ4v) is 1.55. The summed E-state index contributed by atoms with van der Waals surface area (Å²) in [6, 6.07) is 7.94. The zero-order chi connectivity index (χ0) is 12.1. The van der Waals surface area contributed by atoms with Crippen LogP contribution in [-0.4, -0.2) is 17.1 Å². The molecule has 4 nitrogen and oxygen atoms in total. The van der Waals surface area contributed by atoms with Crippen molar-refractivity contribution in [3.8, 4) is 5.88 Å². The number of hydrogen-bond donors (Lipinski definition) is 1. The van der Waals surface area contributed by atoms with Gasteiger partial charge in [0.1, 0.15) is 0 Å². The lowest BCUT2D eigenvalue weighted by Gasteiger charge is -2.14. The van der Waals surface area contributed by atoms with E-state index in [-0.39, 0.29) is 6.04 Å².